The topological polar surface area (TPSA) is 44.8 Å². The number of para-hydroxylation sites is 2. The Morgan fingerprint density at radius 1 is 0.800 bits per heavy atom. The predicted octanol–water partition coefficient (Wildman–Crippen LogP) is 4.26. The van der Waals surface area contributed by atoms with Crippen LogP contribution in [-0.4, -0.2) is 13.1 Å². The largest absolute Gasteiger partial charge is 0.496 e. The highest BCUT2D eigenvalue weighted by Crippen LogP contribution is 2.56. The molecule has 5 rings (SSSR count). The zero-order valence-electron chi connectivity index (χ0n) is 13.5. The predicted molar refractivity (Wildman–Crippen MR) is 91.2 cm³/mol. The molecule has 0 radical (unpaired) electrons. The summed E-state index contributed by atoms with van der Waals surface area (Å²) in [5.41, 5.74) is 1.85. The van der Waals surface area contributed by atoms with Crippen molar-refractivity contribution in [2.24, 2.45) is 0 Å². The molecule has 1 spiro atoms. The zero-order valence-corrected chi connectivity index (χ0v) is 13.5. The summed E-state index contributed by atoms with van der Waals surface area (Å²) >= 11 is 0. The van der Waals surface area contributed by atoms with Crippen LogP contribution in [0.2, 0.25) is 0 Å². The van der Waals surface area contributed by atoms with Gasteiger partial charge in [0.05, 0.1) is 7.11 Å². The Bertz CT molecular complexity index is 976. The van der Waals surface area contributed by atoms with E-state index in [-0.39, 0.29) is 5.97 Å². The SMILES string of the molecule is COc1cccc2c1C(=O)OC21c2ccccc2Oc2ccccc21. The molecule has 0 saturated heterocycles. The van der Waals surface area contributed by atoms with Gasteiger partial charge in [0.2, 0.25) is 0 Å². The lowest BCUT2D eigenvalue weighted by atomic mass is 9.77. The van der Waals surface area contributed by atoms with Crippen molar-refractivity contribution in [2.45, 2.75) is 5.60 Å². The molecule has 0 N–H and O–H groups in total. The molecule has 0 atom stereocenters. The van der Waals surface area contributed by atoms with Gasteiger partial charge in [0, 0.05) is 16.7 Å². The van der Waals surface area contributed by atoms with Crippen LogP contribution < -0.4 is 9.47 Å². The van der Waals surface area contributed by atoms with E-state index >= 15 is 0 Å². The monoisotopic (exact) mass is 330 g/mol. The number of rotatable bonds is 1. The number of ether oxygens (including phenoxy) is 3. The van der Waals surface area contributed by atoms with Gasteiger partial charge in [-0.1, -0.05) is 48.5 Å². The van der Waals surface area contributed by atoms with Crippen LogP contribution in [0.25, 0.3) is 0 Å². The van der Waals surface area contributed by atoms with Crippen LogP contribution in [-0.2, 0) is 10.3 Å². The van der Waals surface area contributed by atoms with Crippen molar-refractivity contribution >= 4 is 5.97 Å². The Morgan fingerprint density at radius 2 is 1.40 bits per heavy atom. The van der Waals surface area contributed by atoms with Crippen LogP contribution in [0.5, 0.6) is 17.2 Å². The molecule has 3 aromatic rings. The van der Waals surface area contributed by atoms with Crippen LogP contribution in [0.4, 0.5) is 0 Å². The third-order valence-electron chi connectivity index (χ3n) is 4.83. The number of methoxy groups -OCH3 is 1. The van der Waals surface area contributed by atoms with E-state index < -0.39 is 5.60 Å². The minimum Gasteiger partial charge on any atom is -0.496 e. The highest BCUT2D eigenvalue weighted by atomic mass is 16.6. The maximum atomic E-state index is 12.8. The van der Waals surface area contributed by atoms with Crippen molar-refractivity contribution in [3.63, 3.8) is 0 Å². The molecule has 4 nitrogen and oxygen atoms in total. The maximum Gasteiger partial charge on any atom is 0.343 e. The normalized spacial score (nSPS) is 15.6. The van der Waals surface area contributed by atoms with Gasteiger partial charge < -0.3 is 14.2 Å². The van der Waals surface area contributed by atoms with Crippen molar-refractivity contribution in [3.8, 4) is 17.2 Å². The quantitative estimate of drug-likeness (QED) is 0.625. The minimum atomic E-state index is -1.02. The molecule has 3 aromatic carbocycles. The fraction of sp³-hybridized carbons (Fsp3) is 0.0952. The number of carbonyl (C=O) groups excluding carboxylic acids is 1. The molecule has 122 valence electrons. The Kier molecular flexibility index (Phi) is 2.74. The third kappa shape index (κ3) is 1.68. The molecule has 0 saturated carbocycles. The second kappa shape index (κ2) is 4.86. The zero-order chi connectivity index (χ0) is 17.0. The summed E-state index contributed by atoms with van der Waals surface area (Å²) in [5.74, 6) is 1.49. The van der Waals surface area contributed by atoms with Crippen molar-refractivity contribution < 1.29 is 19.0 Å². The van der Waals surface area contributed by atoms with E-state index in [9.17, 15) is 4.79 Å². The molecule has 0 fully saturated rings. The number of carbonyl (C=O) groups is 1. The Balaban J connectivity index is 1.92. The standard InChI is InChI=1S/C21H14O4/c1-23-18-12-6-9-15-19(18)20(22)25-21(15)13-7-2-4-10-16(13)24-17-11-5-3-8-14(17)21/h2-12H,1H3. The van der Waals surface area contributed by atoms with Gasteiger partial charge in [0.25, 0.3) is 0 Å². The van der Waals surface area contributed by atoms with Crippen LogP contribution in [0, 0.1) is 0 Å². The summed E-state index contributed by atoms with van der Waals surface area (Å²) in [5, 5.41) is 0. The molecule has 0 aliphatic carbocycles. The van der Waals surface area contributed by atoms with Crippen LogP contribution in [0.15, 0.2) is 66.7 Å². The lowest BCUT2D eigenvalue weighted by molar-refractivity contribution is 0.0223. The van der Waals surface area contributed by atoms with Gasteiger partial charge >= 0.3 is 5.97 Å². The van der Waals surface area contributed by atoms with Crippen molar-refractivity contribution in [1.29, 1.82) is 0 Å². The second-order valence-electron chi connectivity index (χ2n) is 6.05. The molecular weight excluding hydrogens is 316 g/mol. The van der Waals surface area contributed by atoms with E-state index in [1.165, 1.54) is 0 Å². The fourth-order valence-corrected chi connectivity index (χ4v) is 3.81. The Morgan fingerprint density at radius 3 is 2.04 bits per heavy atom. The third-order valence-corrected chi connectivity index (χ3v) is 4.83. The average molecular weight is 330 g/mol. The fourth-order valence-electron chi connectivity index (χ4n) is 3.81. The first-order valence-electron chi connectivity index (χ1n) is 8.03. The van der Waals surface area contributed by atoms with Gasteiger partial charge in [-0.15, -0.1) is 0 Å². The van der Waals surface area contributed by atoms with Crippen LogP contribution in [0.3, 0.4) is 0 Å². The average Bonchev–Trinajstić information content (AvgIpc) is 2.96. The van der Waals surface area contributed by atoms with E-state index in [0.717, 1.165) is 16.7 Å². The minimum absolute atomic E-state index is 0.390. The van der Waals surface area contributed by atoms with E-state index in [2.05, 4.69) is 0 Å². The molecule has 2 heterocycles. The number of benzene rings is 3. The summed E-state index contributed by atoms with van der Waals surface area (Å²) in [7, 11) is 1.56. The second-order valence-corrected chi connectivity index (χ2v) is 6.05. The summed E-state index contributed by atoms with van der Waals surface area (Å²) < 4.78 is 17.5. The van der Waals surface area contributed by atoms with Crippen LogP contribution >= 0.6 is 0 Å². The van der Waals surface area contributed by atoms with Gasteiger partial charge in [-0.05, 0) is 18.2 Å². The van der Waals surface area contributed by atoms with Crippen molar-refractivity contribution in [2.75, 3.05) is 7.11 Å². The van der Waals surface area contributed by atoms with Crippen LogP contribution in [0.1, 0.15) is 27.0 Å². The van der Waals surface area contributed by atoms with Gasteiger partial charge in [-0.3, -0.25) is 0 Å². The first-order valence-corrected chi connectivity index (χ1v) is 8.03. The molecule has 0 amide bonds. The molecule has 2 aliphatic heterocycles. The smallest absolute Gasteiger partial charge is 0.343 e. The molecule has 0 unspecified atom stereocenters. The molecule has 25 heavy (non-hydrogen) atoms. The number of hydrogen-bond acceptors (Lipinski definition) is 4. The van der Waals surface area contributed by atoms with Gasteiger partial charge in [0.1, 0.15) is 22.8 Å². The summed E-state index contributed by atoms with van der Waals surface area (Å²) in [6, 6.07) is 20.9. The number of fused-ring (bicyclic) bond motifs is 6. The van der Waals surface area contributed by atoms with Crippen molar-refractivity contribution in [3.05, 3.63) is 89.0 Å². The Hall–Kier alpha value is -3.27. The molecule has 0 bridgehead atoms. The number of esters is 1. The molecule has 2 aliphatic rings. The van der Waals surface area contributed by atoms with E-state index in [4.69, 9.17) is 14.2 Å². The van der Waals surface area contributed by atoms with E-state index in [1.54, 1.807) is 13.2 Å². The summed E-state index contributed by atoms with van der Waals surface area (Å²) in [6.45, 7) is 0. The van der Waals surface area contributed by atoms with Crippen molar-refractivity contribution in [1.82, 2.24) is 0 Å². The lowest BCUT2D eigenvalue weighted by Crippen LogP contribution is -2.32. The molecule has 4 heteroatoms. The first kappa shape index (κ1) is 14.1. The van der Waals surface area contributed by atoms with E-state index in [0.29, 0.717) is 22.8 Å². The highest BCUT2D eigenvalue weighted by Gasteiger charge is 2.54. The summed E-state index contributed by atoms with van der Waals surface area (Å²) in [6.07, 6.45) is 0. The van der Waals surface area contributed by atoms with Gasteiger partial charge in [-0.2, -0.15) is 0 Å². The highest BCUT2D eigenvalue weighted by molar-refractivity contribution is 5.99. The first-order chi connectivity index (χ1) is 12.3. The van der Waals surface area contributed by atoms with Gasteiger partial charge in [0.15, 0.2) is 5.60 Å². The number of hydrogen-bond donors (Lipinski definition) is 0. The molecular formula is C21H14O4. The maximum absolute atomic E-state index is 12.8. The lowest BCUT2D eigenvalue weighted by Gasteiger charge is -2.36. The molecule has 0 aromatic heterocycles. The van der Waals surface area contributed by atoms with E-state index in [1.807, 2.05) is 60.7 Å². The summed E-state index contributed by atoms with van der Waals surface area (Å²) in [4.78, 5) is 12.8. The Labute approximate surface area is 144 Å². The van der Waals surface area contributed by atoms with Gasteiger partial charge in [-0.25, -0.2) is 4.79 Å².